The van der Waals surface area contributed by atoms with Crippen LogP contribution in [0.5, 0.6) is 0 Å². The molecule has 0 fully saturated rings. The molecule has 10 rings (SSSR count). The van der Waals surface area contributed by atoms with Crippen molar-refractivity contribution < 1.29 is 0 Å². The molecule has 1 aliphatic carbocycles. The Morgan fingerprint density at radius 2 is 0.592 bits per heavy atom. The summed E-state index contributed by atoms with van der Waals surface area (Å²) in [4.78, 5) is 9.32. The van der Waals surface area contributed by atoms with Crippen molar-refractivity contribution in [2.24, 2.45) is 0 Å². The van der Waals surface area contributed by atoms with E-state index in [0.717, 1.165) is 86.5 Å². The van der Waals surface area contributed by atoms with E-state index in [0.29, 0.717) is 0 Å². The third-order valence-electron chi connectivity index (χ3n) is 13.9. The fraction of sp³-hybridized carbons (Fsp3) is 0.0833. The lowest BCUT2D eigenvalue weighted by Crippen LogP contribution is -2.17. The molecule has 9 aromatic rings. The topological polar surface area (TPSA) is 13.0 Å². The van der Waals surface area contributed by atoms with Crippen LogP contribution in [0.1, 0.15) is 40.5 Å². The molecule has 0 bridgehead atoms. The molecule has 0 saturated heterocycles. The molecule has 0 saturated carbocycles. The van der Waals surface area contributed by atoms with Gasteiger partial charge in [0.1, 0.15) is 0 Å². The smallest absolute Gasteiger partial charge is 0.0462 e. The van der Waals surface area contributed by atoms with E-state index in [1.807, 2.05) is 0 Å². The quantitative estimate of drug-likeness (QED) is 0.0843. The standard InChI is InChI=1S/C72H64N4/c1-5-21-61(7-3)73(63-23-13-9-14-24-63)67-43-31-55(32-44-67)57-35-47-69(48-36-57)75(65-27-17-11-18-28-65)71-51-39-59(40-52-71)60-41-53-72(54-42-60)76(66-29-19-12-20-30-66)70-49-37-58(38-50-70)56-33-45-68(46-34-56)74(62(8-4)22-6-2)64-25-15-10-16-26-64/h5-19,21-29,31-54H,20,30H2,1-4H3. The average Bonchev–Trinajstić information content (AvgIpc) is 3.49. The van der Waals surface area contributed by atoms with Gasteiger partial charge in [-0.1, -0.05) is 164 Å². The average molecular weight is 985 g/mol. The lowest BCUT2D eigenvalue weighted by atomic mass is 10.0. The molecular weight excluding hydrogens is 921 g/mol. The molecule has 9 aromatic carbocycles. The first kappa shape index (κ1) is 50.2. The molecule has 4 heteroatoms. The normalized spacial score (nSPS) is 12.7. The van der Waals surface area contributed by atoms with Crippen LogP contribution in [0.15, 0.2) is 308 Å². The molecule has 0 amide bonds. The molecule has 1 aliphatic rings. The first-order chi connectivity index (χ1) is 37.5. The third kappa shape index (κ3) is 11.2. The molecule has 4 nitrogen and oxygen atoms in total. The van der Waals surface area contributed by atoms with E-state index in [4.69, 9.17) is 0 Å². The molecule has 0 spiro atoms. The van der Waals surface area contributed by atoms with Crippen molar-refractivity contribution in [3.05, 3.63) is 308 Å². The largest absolute Gasteiger partial charge is 0.314 e. The predicted molar refractivity (Wildman–Crippen MR) is 327 cm³/mol. The zero-order valence-electron chi connectivity index (χ0n) is 43.9. The highest BCUT2D eigenvalue weighted by atomic mass is 15.2. The van der Waals surface area contributed by atoms with E-state index in [-0.39, 0.29) is 0 Å². The molecule has 0 unspecified atom stereocenters. The van der Waals surface area contributed by atoms with E-state index in [1.165, 1.54) is 28.0 Å². The Labute approximate surface area is 450 Å². The van der Waals surface area contributed by atoms with Crippen LogP contribution < -0.4 is 19.6 Å². The molecule has 372 valence electrons. The van der Waals surface area contributed by atoms with Crippen LogP contribution in [0, 0.1) is 0 Å². The Balaban J connectivity index is 0.872. The summed E-state index contributed by atoms with van der Waals surface area (Å²) in [6, 6.07) is 85.3. The monoisotopic (exact) mass is 985 g/mol. The second-order valence-corrected chi connectivity index (χ2v) is 18.7. The van der Waals surface area contributed by atoms with Gasteiger partial charge in [-0.15, -0.1) is 0 Å². The summed E-state index contributed by atoms with van der Waals surface area (Å²) < 4.78 is 0. The summed E-state index contributed by atoms with van der Waals surface area (Å²) in [6.07, 6.45) is 21.5. The van der Waals surface area contributed by atoms with Crippen LogP contribution in [0.2, 0.25) is 0 Å². The number of anilines is 9. The van der Waals surface area contributed by atoms with Gasteiger partial charge in [0.15, 0.2) is 0 Å². The number of benzene rings is 9. The number of nitrogens with zero attached hydrogens (tertiary/aromatic N) is 4. The fourth-order valence-corrected chi connectivity index (χ4v) is 10.1. The van der Waals surface area contributed by atoms with Crippen LogP contribution in [0.3, 0.4) is 0 Å². The number of para-hydroxylation sites is 3. The Bertz CT molecular complexity index is 3500. The van der Waals surface area contributed by atoms with Crippen molar-refractivity contribution in [1.29, 1.82) is 0 Å². The Morgan fingerprint density at radius 3 is 0.882 bits per heavy atom. The number of rotatable bonds is 17. The van der Waals surface area contributed by atoms with Gasteiger partial charge in [0.05, 0.1) is 0 Å². The lowest BCUT2D eigenvalue weighted by molar-refractivity contribution is 0.918. The highest BCUT2D eigenvalue weighted by Crippen LogP contribution is 2.40. The second-order valence-electron chi connectivity index (χ2n) is 18.7. The first-order valence-corrected chi connectivity index (χ1v) is 26.4. The Morgan fingerprint density at radius 1 is 0.316 bits per heavy atom. The van der Waals surface area contributed by atoms with E-state index >= 15 is 0 Å². The van der Waals surface area contributed by atoms with Gasteiger partial charge in [-0.3, -0.25) is 0 Å². The van der Waals surface area contributed by atoms with Gasteiger partial charge >= 0.3 is 0 Å². The van der Waals surface area contributed by atoms with E-state index in [9.17, 15) is 0 Å². The minimum absolute atomic E-state index is 0.971. The van der Waals surface area contributed by atoms with Gasteiger partial charge in [-0.25, -0.2) is 0 Å². The third-order valence-corrected chi connectivity index (χ3v) is 13.9. The van der Waals surface area contributed by atoms with E-state index < -0.39 is 0 Å². The van der Waals surface area contributed by atoms with E-state index in [2.05, 4.69) is 339 Å². The van der Waals surface area contributed by atoms with Gasteiger partial charge < -0.3 is 19.6 Å². The molecule has 0 heterocycles. The van der Waals surface area contributed by atoms with E-state index in [1.54, 1.807) is 0 Å². The van der Waals surface area contributed by atoms with Gasteiger partial charge in [0, 0.05) is 68.3 Å². The SMILES string of the molecule is CC=CC(=CC)N(c1ccccc1)c1ccc(-c2ccc(N(C3=CC=CCC3)c3ccc(-c4ccc(N(c5ccccc5)c5ccc(-c6ccc(N(C(C=CC)=CC)c7ccccc7)cc6)cc5)cc4)cc3)cc2)cc1. The number of allylic oxidation sites excluding steroid dienone is 10. The fourth-order valence-electron chi connectivity index (χ4n) is 10.1. The minimum atomic E-state index is 0.971. The minimum Gasteiger partial charge on any atom is -0.314 e. The van der Waals surface area contributed by atoms with Crippen molar-refractivity contribution in [1.82, 2.24) is 0 Å². The lowest BCUT2D eigenvalue weighted by Gasteiger charge is -2.29. The van der Waals surface area contributed by atoms with Crippen molar-refractivity contribution >= 4 is 51.2 Å². The van der Waals surface area contributed by atoms with Gasteiger partial charge in [-0.05, 0) is 201 Å². The summed E-state index contributed by atoms with van der Waals surface area (Å²) in [6.45, 7) is 8.30. The number of hydrogen-bond donors (Lipinski definition) is 0. The maximum Gasteiger partial charge on any atom is 0.0462 e. The Kier molecular flexibility index (Phi) is 15.9. The summed E-state index contributed by atoms with van der Waals surface area (Å²) in [5, 5.41) is 0. The summed E-state index contributed by atoms with van der Waals surface area (Å²) in [5.74, 6) is 0. The highest BCUT2D eigenvalue weighted by molar-refractivity contribution is 5.82. The highest BCUT2D eigenvalue weighted by Gasteiger charge is 2.19. The van der Waals surface area contributed by atoms with Crippen LogP contribution >= 0.6 is 0 Å². The molecular formula is C72H64N4. The molecule has 76 heavy (non-hydrogen) atoms. The van der Waals surface area contributed by atoms with Crippen molar-refractivity contribution in [2.75, 3.05) is 19.6 Å². The summed E-state index contributed by atoms with van der Waals surface area (Å²) >= 11 is 0. The first-order valence-electron chi connectivity index (χ1n) is 26.4. The van der Waals surface area contributed by atoms with Gasteiger partial charge in [-0.2, -0.15) is 0 Å². The van der Waals surface area contributed by atoms with Crippen molar-refractivity contribution in [2.45, 2.75) is 40.5 Å². The van der Waals surface area contributed by atoms with Crippen LogP contribution in [-0.2, 0) is 0 Å². The number of hydrogen-bond acceptors (Lipinski definition) is 4. The maximum absolute atomic E-state index is 2.41. The maximum atomic E-state index is 2.41. The second kappa shape index (κ2) is 24.1. The molecule has 0 atom stereocenters. The van der Waals surface area contributed by atoms with Crippen LogP contribution in [0.4, 0.5) is 51.2 Å². The predicted octanol–water partition coefficient (Wildman–Crippen LogP) is 20.8. The van der Waals surface area contributed by atoms with Crippen molar-refractivity contribution in [3.8, 4) is 33.4 Å². The van der Waals surface area contributed by atoms with Gasteiger partial charge in [0.2, 0.25) is 0 Å². The zero-order valence-corrected chi connectivity index (χ0v) is 43.9. The molecule has 0 aromatic heterocycles. The van der Waals surface area contributed by atoms with Crippen LogP contribution in [0.25, 0.3) is 33.4 Å². The van der Waals surface area contributed by atoms with Crippen molar-refractivity contribution in [3.63, 3.8) is 0 Å². The molecule has 0 N–H and O–H groups in total. The summed E-state index contributed by atoms with van der Waals surface area (Å²) in [5.41, 5.74) is 20.6. The molecule has 0 radical (unpaired) electrons. The summed E-state index contributed by atoms with van der Waals surface area (Å²) in [7, 11) is 0. The zero-order chi connectivity index (χ0) is 52.1. The molecule has 0 aliphatic heterocycles. The Hall–Kier alpha value is -9.38. The van der Waals surface area contributed by atoms with Crippen LogP contribution in [-0.4, -0.2) is 0 Å². The van der Waals surface area contributed by atoms with Gasteiger partial charge in [0.25, 0.3) is 0 Å².